The molecule has 0 amide bonds. The number of anilines is 1. The molecule has 0 atom stereocenters. The zero-order valence-electron chi connectivity index (χ0n) is 24.8. The van der Waals surface area contributed by atoms with Crippen molar-refractivity contribution in [1.29, 1.82) is 0 Å². The smallest absolute Gasteiger partial charge is 0.166 e. The number of piperazine rings is 1. The molecule has 218 valence electrons. The van der Waals surface area contributed by atoms with Gasteiger partial charge in [-0.15, -0.1) is 0 Å². The molecular formula is C36H43N5O. The molecule has 1 aliphatic heterocycles. The summed E-state index contributed by atoms with van der Waals surface area (Å²) in [4.78, 5) is 10.1. The third kappa shape index (κ3) is 4.73. The summed E-state index contributed by atoms with van der Waals surface area (Å²) in [6.45, 7) is 6.74. The topological polar surface area (TPSA) is 56.9 Å². The quantitative estimate of drug-likeness (QED) is 0.296. The summed E-state index contributed by atoms with van der Waals surface area (Å²) in [5, 5.41) is 14.5. The van der Waals surface area contributed by atoms with E-state index in [-0.39, 0.29) is 6.61 Å². The molecule has 0 unspecified atom stereocenters. The molecule has 3 heterocycles. The Labute approximate surface area is 249 Å². The first-order chi connectivity index (χ1) is 20.6. The number of rotatable bonds is 7. The molecule has 1 N–H and O–H groups in total. The summed E-state index contributed by atoms with van der Waals surface area (Å²) < 4.78 is 2.07. The van der Waals surface area contributed by atoms with E-state index in [9.17, 15) is 5.11 Å². The van der Waals surface area contributed by atoms with Crippen molar-refractivity contribution in [2.45, 2.75) is 45.4 Å². The maximum absolute atomic E-state index is 9.45. The van der Waals surface area contributed by atoms with Gasteiger partial charge in [0.15, 0.2) is 5.65 Å². The Balaban J connectivity index is 1.17. The number of hydrogen-bond donors (Lipinski definition) is 1. The van der Waals surface area contributed by atoms with Crippen LogP contribution in [-0.4, -0.2) is 63.9 Å². The van der Waals surface area contributed by atoms with E-state index in [2.05, 4.69) is 81.9 Å². The Morgan fingerprint density at radius 2 is 1.52 bits per heavy atom. The van der Waals surface area contributed by atoms with E-state index < -0.39 is 0 Å². The van der Waals surface area contributed by atoms with E-state index in [0.29, 0.717) is 0 Å². The fraction of sp³-hybridized carbons (Fsp3) is 0.500. The van der Waals surface area contributed by atoms with Gasteiger partial charge in [0, 0.05) is 49.9 Å². The van der Waals surface area contributed by atoms with Gasteiger partial charge in [-0.2, -0.15) is 9.61 Å². The lowest BCUT2D eigenvalue weighted by Gasteiger charge is -2.54. The molecule has 42 heavy (non-hydrogen) atoms. The minimum atomic E-state index is 0.211. The van der Waals surface area contributed by atoms with Gasteiger partial charge in [0.05, 0.1) is 18.0 Å². The van der Waals surface area contributed by atoms with Crippen molar-refractivity contribution >= 4 is 11.5 Å². The molecule has 0 spiro atoms. The Morgan fingerprint density at radius 3 is 2.24 bits per heavy atom. The summed E-state index contributed by atoms with van der Waals surface area (Å²) in [5.41, 5.74) is 7.90. The molecule has 6 heteroatoms. The minimum absolute atomic E-state index is 0.211. The predicted octanol–water partition coefficient (Wildman–Crippen LogP) is 6.10. The zero-order valence-corrected chi connectivity index (χ0v) is 24.8. The third-order valence-corrected chi connectivity index (χ3v) is 11.0. The number of fused-ring (bicyclic) bond motifs is 1. The second-order valence-corrected chi connectivity index (χ2v) is 13.6. The average Bonchev–Trinajstić information content (AvgIpc) is 3.35. The fourth-order valence-corrected chi connectivity index (χ4v) is 9.27. The second kappa shape index (κ2) is 10.8. The number of aliphatic hydroxyl groups is 1. The monoisotopic (exact) mass is 561 g/mol. The zero-order chi connectivity index (χ0) is 28.2. The largest absolute Gasteiger partial charge is 0.395 e. The first kappa shape index (κ1) is 26.4. The lowest BCUT2D eigenvalue weighted by molar-refractivity contribution is -0.0359. The molecule has 4 bridgehead atoms. The van der Waals surface area contributed by atoms with Crippen LogP contribution in [0.1, 0.15) is 43.4 Å². The number of nitrogens with zero attached hydrogens (tertiary/aromatic N) is 5. The van der Waals surface area contributed by atoms with Crippen LogP contribution in [0.25, 0.3) is 28.0 Å². The van der Waals surface area contributed by atoms with Crippen LogP contribution < -0.4 is 4.90 Å². The van der Waals surface area contributed by atoms with E-state index >= 15 is 0 Å². The number of β-amino-alcohol motifs (C(OH)–C–C–N with tert-alkyl or cyclic N) is 1. The van der Waals surface area contributed by atoms with E-state index in [1.807, 2.05) is 0 Å². The molecule has 0 radical (unpaired) electrons. The van der Waals surface area contributed by atoms with Crippen molar-refractivity contribution in [3.8, 4) is 22.4 Å². The molecule has 4 aliphatic carbocycles. The van der Waals surface area contributed by atoms with Crippen LogP contribution in [0.15, 0.2) is 60.7 Å². The Hall–Kier alpha value is -3.22. The molecule has 6 nitrogen and oxygen atoms in total. The van der Waals surface area contributed by atoms with E-state index in [1.165, 1.54) is 49.7 Å². The average molecular weight is 562 g/mol. The molecule has 5 aliphatic rings. The fourth-order valence-electron chi connectivity index (χ4n) is 9.27. The summed E-state index contributed by atoms with van der Waals surface area (Å²) in [5.74, 6) is 5.89. The predicted molar refractivity (Wildman–Crippen MR) is 169 cm³/mol. The molecule has 4 saturated carbocycles. The molecule has 9 rings (SSSR count). The van der Waals surface area contributed by atoms with Gasteiger partial charge < -0.3 is 10.0 Å². The number of benzene rings is 2. The van der Waals surface area contributed by atoms with Gasteiger partial charge >= 0.3 is 0 Å². The molecular weight excluding hydrogens is 518 g/mol. The van der Waals surface area contributed by atoms with Crippen LogP contribution in [0.4, 0.5) is 5.82 Å². The van der Waals surface area contributed by atoms with E-state index in [1.54, 1.807) is 0 Å². The summed E-state index contributed by atoms with van der Waals surface area (Å²) in [6.07, 6.45) is 8.65. The Kier molecular flexibility index (Phi) is 6.79. The van der Waals surface area contributed by atoms with E-state index in [4.69, 9.17) is 10.1 Å². The van der Waals surface area contributed by atoms with Gasteiger partial charge in [0.2, 0.25) is 0 Å². The Morgan fingerprint density at radius 1 is 0.810 bits per heavy atom. The molecule has 2 aromatic carbocycles. The van der Waals surface area contributed by atoms with Gasteiger partial charge in [-0.05, 0) is 92.2 Å². The van der Waals surface area contributed by atoms with Gasteiger partial charge in [-0.1, -0.05) is 48.5 Å². The maximum Gasteiger partial charge on any atom is 0.166 e. The van der Waals surface area contributed by atoms with Crippen LogP contribution in [0.3, 0.4) is 0 Å². The SMILES string of the molecule is Cc1nn2c(N3CCN(CCO)CC3)cc(-c3cccc(CC4C5CC6CC(C5)CC4C6)c3)nc2c1-c1ccccc1. The number of aryl methyl sites for hydroxylation is 1. The maximum atomic E-state index is 9.45. The minimum Gasteiger partial charge on any atom is -0.395 e. The lowest BCUT2D eigenvalue weighted by Crippen LogP contribution is -2.47. The van der Waals surface area contributed by atoms with Gasteiger partial charge in [0.1, 0.15) is 5.82 Å². The number of hydrogen-bond acceptors (Lipinski definition) is 5. The molecule has 4 aromatic rings. The van der Waals surface area contributed by atoms with Crippen molar-refractivity contribution in [2.75, 3.05) is 44.2 Å². The first-order valence-electron chi connectivity index (χ1n) is 16.3. The first-order valence-corrected chi connectivity index (χ1v) is 16.3. The van der Waals surface area contributed by atoms with Crippen LogP contribution in [0, 0.1) is 36.5 Å². The number of aromatic nitrogens is 3. The molecule has 1 saturated heterocycles. The Bertz CT molecular complexity index is 1540. The van der Waals surface area contributed by atoms with Crippen molar-refractivity contribution in [1.82, 2.24) is 19.5 Å². The van der Waals surface area contributed by atoms with Crippen LogP contribution in [-0.2, 0) is 6.42 Å². The summed E-state index contributed by atoms with van der Waals surface area (Å²) >= 11 is 0. The van der Waals surface area contributed by atoms with Gasteiger partial charge in [-0.3, -0.25) is 4.90 Å². The van der Waals surface area contributed by atoms with Crippen LogP contribution >= 0.6 is 0 Å². The van der Waals surface area contributed by atoms with Gasteiger partial charge in [-0.25, -0.2) is 4.98 Å². The van der Waals surface area contributed by atoms with Crippen molar-refractivity contribution in [2.24, 2.45) is 29.6 Å². The van der Waals surface area contributed by atoms with Crippen molar-refractivity contribution in [3.05, 3.63) is 71.9 Å². The molecule has 5 fully saturated rings. The van der Waals surface area contributed by atoms with Crippen molar-refractivity contribution < 1.29 is 5.11 Å². The summed E-state index contributed by atoms with van der Waals surface area (Å²) in [7, 11) is 0. The highest BCUT2D eigenvalue weighted by atomic mass is 16.3. The van der Waals surface area contributed by atoms with Crippen molar-refractivity contribution in [3.63, 3.8) is 0 Å². The van der Waals surface area contributed by atoms with Gasteiger partial charge in [0.25, 0.3) is 0 Å². The van der Waals surface area contributed by atoms with E-state index in [0.717, 1.165) is 96.3 Å². The second-order valence-electron chi connectivity index (χ2n) is 13.6. The highest BCUT2D eigenvalue weighted by Gasteiger charge is 2.47. The standard InChI is InChI=1S/C36H43N5O/c1-24-35(28-7-3-2-4-8-28)36-37-33(23-34(41(36)38-24)40-12-10-39(11-13-40)14-15-42)29-9-5-6-25(17-29)22-32-30-18-26-16-27(20-30)21-31(32)19-26/h2-9,17,23,26-27,30-32,42H,10-16,18-22H2,1H3. The third-order valence-electron chi connectivity index (χ3n) is 11.0. The van der Waals surface area contributed by atoms with Crippen LogP contribution in [0.2, 0.25) is 0 Å². The highest BCUT2D eigenvalue weighted by Crippen LogP contribution is 2.57. The molecule has 2 aromatic heterocycles. The highest BCUT2D eigenvalue weighted by molar-refractivity contribution is 5.83. The lowest BCUT2D eigenvalue weighted by atomic mass is 9.51. The normalized spacial score (nSPS) is 27.3. The summed E-state index contributed by atoms with van der Waals surface area (Å²) in [6, 6.07) is 22.1. The number of aliphatic hydroxyl groups excluding tert-OH is 1. The van der Waals surface area contributed by atoms with Crippen LogP contribution in [0.5, 0.6) is 0 Å².